The molecule has 12 rings (SSSR count). The zero-order valence-electron chi connectivity index (χ0n) is 62.6. The number of nitrogens with one attached hydrogen (secondary N) is 3. The van der Waals surface area contributed by atoms with E-state index in [1.165, 1.54) is 12.1 Å². The third-order valence-electron chi connectivity index (χ3n) is 17.3. The first-order valence-electron chi connectivity index (χ1n) is 35.6. The number of allylic oxidation sites excluding steroid dienone is 4. The summed E-state index contributed by atoms with van der Waals surface area (Å²) in [6.45, 7) is 19.0. The summed E-state index contributed by atoms with van der Waals surface area (Å²) in [5, 5.41) is 35.3. The minimum atomic E-state index is -1.05. The number of carbonyl (C=O) groups excluding carboxylic acids is 7. The van der Waals surface area contributed by atoms with Gasteiger partial charge in [-0.2, -0.15) is 10.2 Å². The number of amides is 7. The van der Waals surface area contributed by atoms with Crippen LogP contribution in [0.15, 0.2) is 106 Å². The molecule has 8 aromatic heterocycles. The molecule has 0 bridgehead atoms. The molecule has 36 nitrogen and oxygen atoms in total. The zero-order valence-corrected chi connectivity index (χ0v) is 62.6. The first-order chi connectivity index (χ1) is 53.2. The van der Waals surface area contributed by atoms with Gasteiger partial charge in [-0.05, 0) is 120 Å². The van der Waals surface area contributed by atoms with Crippen LogP contribution in [0.3, 0.4) is 0 Å². The Kier molecular flexibility index (Phi) is 25.4. The number of rotatable bonds is 31. The van der Waals surface area contributed by atoms with E-state index in [0.717, 1.165) is 18.5 Å². The van der Waals surface area contributed by atoms with E-state index in [4.69, 9.17) is 52.1 Å². The van der Waals surface area contributed by atoms with Gasteiger partial charge in [0.05, 0.1) is 69.1 Å². The second-order valence-corrected chi connectivity index (χ2v) is 25.2. The number of hydrogen-bond acceptors (Lipinski definition) is 22. The number of carbonyl (C=O) groups is 8. The molecule has 0 spiro atoms. The van der Waals surface area contributed by atoms with Gasteiger partial charge in [0.15, 0.2) is 11.8 Å². The van der Waals surface area contributed by atoms with E-state index in [9.17, 15) is 43.5 Å². The minimum absolute atomic E-state index is 0.0370. The van der Waals surface area contributed by atoms with E-state index in [1.807, 2.05) is 63.5 Å². The van der Waals surface area contributed by atoms with Gasteiger partial charge in [-0.1, -0.05) is 51.5 Å². The predicted octanol–water partition coefficient (Wildman–Crippen LogP) is 8.11. The molecule has 15 N–H and O–H groups in total. The molecule has 0 atom stereocenters. The van der Waals surface area contributed by atoms with Gasteiger partial charge in [0, 0.05) is 88.4 Å². The van der Waals surface area contributed by atoms with Gasteiger partial charge in [0.2, 0.25) is 58.9 Å². The number of carboxylic acid groups (broad SMARTS) is 1. The van der Waals surface area contributed by atoms with Crippen molar-refractivity contribution in [2.45, 2.75) is 134 Å². The number of hydrogen-bond donors (Lipinski definition) is 10. The lowest BCUT2D eigenvalue weighted by Gasteiger charge is -2.12. The number of imidazole rings is 4. The topological polar surface area (TPSA) is 521 Å². The summed E-state index contributed by atoms with van der Waals surface area (Å²) < 4.78 is 32.8. The largest absolute Gasteiger partial charge is 0.491 e. The summed E-state index contributed by atoms with van der Waals surface area (Å²) in [6, 6.07) is 19.4. The number of aliphatic hydroxyl groups excluding tert-OH is 1. The molecule has 0 saturated carbocycles. The van der Waals surface area contributed by atoms with Crippen LogP contribution in [0.5, 0.6) is 11.5 Å². The Hall–Kier alpha value is -13.8. The van der Waals surface area contributed by atoms with Crippen molar-refractivity contribution in [3.05, 3.63) is 177 Å². The highest BCUT2D eigenvalue weighted by Crippen LogP contribution is 2.34. The number of unbranched alkanes of at least 4 members (excludes halogenated alkanes) is 1. The second kappa shape index (κ2) is 35.3. The molecule has 0 aliphatic rings. The zero-order chi connectivity index (χ0) is 80.1. The van der Waals surface area contributed by atoms with E-state index >= 15 is 0 Å². The summed E-state index contributed by atoms with van der Waals surface area (Å²) in [5.74, 6) is -2.51. The number of aromatic carboxylic acids is 1. The number of aliphatic hydroxyl groups is 1. The summed E-state index contributed by atoms with van der Waals surface area (Å²) in [4.78, 5) is 125. The van der Waals surface area contributed by atoms with Crippen LogP contribution in [0, 0.1) is 27.7 Å². The number of benzene rings is 4. The number of oxazole rings is 2. The highest BCUT2D eigenvalue weighted by Gasteiger charge is 2.26. The molecule has 7 amide bonds. The number of ether oxygens (including phenoxy) is 2. The van der Waals surface area contributed by atoms with E-state index < -0.39 is 41.4 Å². The normalized spacial score (nSPS) is 11.4. The van der Waals surface area contributed by atoms with Crippen molar-refractivity contribution >= 4 is 115 Å². The van der Waals surface area contributed by atoms with Crippen LogP contribution in [-0.4, -0.2) is 145 Å². The number of anilines is 4. The second-order valence-electron chi connectivity index (χ2n) is 25.2. The highest BCUT2D eigenvalue weighted by molar-refractivity contribution is 6.06. The number of nitrogens with two attached hydrogens (primary N) is 5. The molecule has 4 aromatic carbocycles. The molecule has 0 aliphatic heterocycles. The van der Waals surface area contributed by atoms with Crippen LogP contribution in [0.25, 0.3) is 44.1 Å². The molecule has 0 saturated heterocycles. The summed E-state index contributed by atoms with van der Waals surface area (Å²) in [7, 11) is 0. The molecule has 36 heteroatoms. The van der Waals surface area contributed by atoms with Crippen LogP contribution >= 0.6 is 0 Å². The lowest BCUT2D eigenvalue weighted by atomic mass is 10.1. The van der Waals surface area contributed by atoms with E-state index in [2.05, 4.69) is 63.0 Å². The molecule has 0 fully saturated rings. The first kappa shape index (κ1) is 79.8. The van der Waals surface area contributed by atoms with Gasteiger partial charge in [0.25, 0.3) is 17.7 Å². The molecule has 0 unspecified atom stereocenters. The van der Waals surface area contributed by atoms with Crippen LogP contribution < -0.4 is 54.1 Å². The SMILES string of the molecule is CCCCOc1cc(C(N)=O)cc2nc(N)n(C/C=C/Cn3c(NC(=O)c4cc(C)nn4CC)nc4cc(C(N)=O)ccc43)c12.CCc1nc(C)oc1C(=O)Nc1nc2cc(C(N)=O)cc(OCCCO)c2n1C/C=C/Cn1c(NC(=O)c2cc(C)nn2CC)nc2cc(C(N)=O)ccc21.CCc1nc(C)oc1C(=O)O. The monoisotopic (exact) mass is 1520 g/mol. The Balaban J connectivity index is 0.000000210. The van der Waals surface area contributed by atoms with Gasteiger partial charge in [0.1, 0.15) is 33.9 Å². The predicted molar refractivity (Wildman–Crippen MR) is 411 cm³/mol. The van der Waals surface area contributed by atoms with Crippen molar-refractivity contribution < 1.29 is 66.9 Å². The number of nitrogens with zero attached hydrogens (tertiary/aromatic N) is 14. The molecule has 8 heterocycles. The van der Waals surface area contributed by atoms with Gasteiger partial charge in [-0.25, -0.2) is 34.7 Å². The lowest BCUT2D eigenvalue weighted by Crippen LogP contribution is -2.19. The van der Waals surface area contributed by atoms with Gasteiger partial charge >= 0.3 is 5.97 Å². The minimum Gasteiger partial charge on any atom is -0.491 e. The third-order valence-corrected chi connectivity index (χ3v) is 17.3. The highest BCUT2D eigenvalue weighted by atomic mass is 16.5. The number of aromatic nitrogens is 14. The average molecular weight is 1520 g/mol. The van der Waals surface area contributed by atoms with Crippen molar-refractivity contribution in [3.63, 3.8) is 0 Å². The molecule has 12 aromatic rings. The molecule has 580 valence electrons. The van der Waals surface area contributed by atoms with E-state index in [1.54, 1.807) is 104 Å². The third kappa shape index (κ3) is 18.3. The standard InChI is InChI=1S/C37H41N11O7.C31H36N10O4.C7H9NO3/c1-5-24-31(55-21(4)40-24)35(53)44-37-42-26-18-23(33(39)51)19-29(54-15-9-14-49)30(26)47(37)13-8-7-12-46-27-11-10-22(32(38)50)17-25(27)41-36(46)43-34(52)28-16-20(3)45-48(28)6-2;1-4-6-13-45-25-17-20(28(33)43)16-22-26(25)40(30(34)35-22)12-8-7-11-39-23-10-9-19(27(32)42)15-21(23)36-31(39)37-29(44)24-14-18(3)38-41(24)5-2;1-3-5-6(7(9)10)11-4(2)8-5/h7-8,10-11,16-19,49H,5-6,9,12-15H2,1-4H3,(H2,38,50)(H2,39,51)(H,41,43,52)(H,42,44,53);7-10,14-17H,4-6,11-13H2,1-3H3,(H2,32,42)(H2,33,43)(H2,34,35)(H,36,37,44);3H2,1-2H3,(H,9,10)/b2*8-7+;. The number of nitrogen functional groups attached to an aromatic ring is 1. The number of primary amides is 4. The fourth-order valence-electron chi connectivity index (χ4n) is 12.1. The summed E-state index contributed by atoms with van der Waals surface area (Å²) >= 11 is 0. The smallest absolute Gasteiger partial charge is 0.373 e. The van der Waals surface area contributed by atoms with Crippen LogP contribution in [-0.2, 0) is 52.1 Å². The fourth-order valence-corrected chi connectivity index (χ4v) is 12.1. The van der Waals surface area contributed by atoms with Crippen molar-refractivity contribution in [1.82, 2.24) is 67.7 Å². The van der Waals surface area contributed by atoms with Crippen LogP contribution in [0.2, 0.25) is 0 Å². The summed E-state index contributed by atoms with van der Waals surface area (Å²) in [6.07, 6.45) is 10.6. The maximum absolute atomic E-state index is 13.5. The maximum Gasteiger partial charge on any atom is 0.373 e. The Morgan fingerprint density at radius 1 is 0.477 bits per heavy atom. The van der Waals surface area contributed by atoms with Gasteiger partial charge in [-0.3, -0.25) is 58.9 Å². The Morgan fingerprint density at radius 3 is 1.31 bits per heavy atom. The number of carboxylic acids is 1. The Labute approximate surface area is 633 Å². The van der Waals surface area contributed by atoms with Crippen molar-refractivity contribution in [3.8, 4) is 11.5 Å². The van der Waals surface area contributed by atoms with E-state index in [-0.39, 0.29) is 84.0 Å². The van der Waals surface area contributed by atoms with Crippen LogP contribution in [0.1, 0.15) is 172 Å². The molecule has 0 aliphatic carbocycles. The average Bonchev–Trinajstić information content (AvgIpc) is 1.66. The molecular formula is C75H86N22O14. The first-order valence-corrected chi connectivity index (χ1v) is 35.6. The maximum atomic E-state index is 13.5. The van der Waals surface area contributed by atoms with E-state index in [0.29, 0.717) is 154 Å². The molecular weight excluding hydrogens is 1430 g/mol. The molecule has 111 heavy (non-hydrogen) atoms. The van der Waals surface area contributed by atoms with Gasteiger partial charge < -0.3 is 75.5 Å². The number of fused-ring (bicyclic) bond motifs is 4. The quantitative estimate of drug-likeness (QED) is 0.0145. The van der Waals surface area contributed by atoms with Crippen molar-refractivity contribution in [2.75, 3.05) is 41.5 Å². The summed E-state index contributed by atoms with van der Waals surface area (Å²) in [5.41, 5.74) is 36.8. The van der Waals surface area contributed by atoms with Crippen LogP contribution in [0.4, 0.5) is 23.8 Å². The number of aryl methyl sites for hydroxylation is 8. The van der Waals surface area contributed by atoms with Crippen molar-refractivity contribution in [1.29, 1.82) is 0 Å². The Bertz CT molecular complexity index is 5600. The fraction of sp³-hybridized carbons (Fsp3) is 0.307. The molecule has 0 radical (unpaired) electrons. The van der Waals surface area contributed by atoms with Crippen molar-refractivity contribution in [2.24, 2.45) is 22.9 Å². The van der Waals surface area contributed by atoms with Gasteiger partial charge in [-0.15, -0.1) is 0 Å². The Morgan fingerprint density at radius 2 is 0.874 bits per heavy atom. The lowest BCUT2D eigenvalue weighted by molar-refractivity contribution is 0.0658.